The first-order valence-corrected chi connectivity index (χ1v) is 17.3. The third kappa shape index (κ3) is 4.81. The molecule has 0 fully saturated rings. The molecule has 0 atom stereocenters. The molecule has 0 unspecified atom stereocenters. The molecule has 8 aromatic carbocycles. The van der Waals surface area contributed by atoms with E-state index in [2.05, 4.69) is 0 Å². The number of aromatic nitrogens is 5. The number of benzene rings is 8. The molecule has 0 aliphatic heterocycles. The van der Waals surface area contributed by atoms with Gasteiger partial charge in [-0.2, -0.15) is 9.97 Å². The van der Waals surface area contributed by atoms with E-state index in [9.17, 15) is 12.3 Å². The van der Waals surface area contributed by atoms with Gasteiger partial charge in [0.05, 0.1) is 57.8 Å². The highest BCUT2D eigenvalue weighted by Gasteiger charge is 2.24. The average Bonchev–Trinajstić information content (AvgIpc) is 2.48. The SMILES string of the molecule is [2H]c1c([2H])c([2H])c(-n2c3c([2H])c([2H])c([2H])c([2H])c3c3c([2H])c([2H])c4c(c5c([2H])c([2H])c([2H])c([2H])c5n4-c4nc(-c5ccc(-c6ccccc6)cc5)nc(-c5c([2H])c([2H])c([2H])c6c5oc5c([2H])c([2H])c([2H])c([2H])c56)n4)c32)c([2H])c1[2H]. The quantitative estimate of drug-likeness (QED) is 0.176. The van der Waals surface area contributed by atoms with Crippen LogP contribution in [0.5, 0.6) is 0 Å². The molecule has 6 nitrogen and oxygen atoms in total. The standard InChI is InChI=1S/C51H31N5O/c1-3-14-32(15-4-1)33-26-28-34(29-27-33)49-52-50(41-22-13-21-39-37-19-9-12-25-45(37)57-48(39)41)54-51(53-49)56-43-24-11-8-20-40(43)46-44(56)31-30-38-36-18-7-10-23-42(36)55(47(38)46)35-16-5-2-6-17-35/h1-31H/i2D,5D,6D,7D,8D,9D,10D,11D,12D,13D,16D,17D,18D,19D,20D,21D,22D,23D,24D,25D,30D,31D. The molecule has 266 valence electrons. The summed E-state index contributed by atoms with van der Waals surface area (Å²) in [5.74, 6) is -1.33. The number of rotatable bonds is 5. The fourth-order valence-corrected chi connectivity index (χ4v) is 7.24. The molecule has 6 heteroatoms. The van der Waals surface area contributed by atoms with Crippen molar-refractivity contribution in [2.45, 2.75) is 0 Å². The number of furan rings is 1. The molecule has 12 rings (SSSR count). The zero-order chi connectivity index (χ0) is 56.6. The molecule has 0 saturated carbocycles. The maximum Gasteiger partial charge on any atom is 0.238 e. The Balaban J connectivity index is 1.32. The molecule has 4 aromatic heterocycles. The molecule has 0 saturated heterocycles. The Morgan fingerprint density at radius 1 is 0.439 bits per heavy atom. The van der Waals surface area contributed by atoms with Crippen molar-refractivity contribution in [2.75, 3.05) is 0 Å². The Kier molecular flexibility index (Phi) is 3.66. The summed E-state index contributed by atoms with van der Waals surface area (Å²) in [6.07, 6.45) is 0. The lowest BCUT2D eigenvalue weighted by molar-refractivity contribution is 0.669. The number of fused-ring (bicyclic) bond motifs is 10. The summed E-state index contributed by atoms with van der Waals surface area (Å²) in [5.41, 5.74) is -2.02. The minimum atomic E-state index is -0.869. The first-order chi connectivity index (χ1) is 37.4. The first-order valence-electron chi connectivity index (χ1n) is 28.3. The zero-order valence-corrected chi connectivity index (χ0v) is 28.8. The molecule has 57 heavy (non-hydrogen) atoms. The van der Waals surface area contributed by atoms with Gasteiger partial charge in [-0.25, -0.2) is 4.98 Å². The molecular weight excluding hydrogens is 699 g/mol. The lowest BCUT2D eigenvalue weighted by atomic mass is 10.0. The lowest BCUT2D eigenvalue weighted by Gasteiger charge is -2.12. The van der Waals surface area contributed by atoms with Crippen molar-refractivity contribution in [3.05, 3.63) is 188 Å². The Labute approximate surface area is 357 Å². The van der Waals surface area contributed by atoms with Crippen LogP contribution in [-0.4, -0.2) is 24.1 Å². The van der Waals surface area contributed by atoms with Crippen molar-refractivity contribution in [2.24, 2.45) is 0 Å². The third-order valence-corrected chi connectivity index (χ3v) is 9.69. The summed E-state index contributed by atoms with van der Waals surface area (Å²) in [6.45, 7) is 0. The number of para-hydroxylation sites is 5. The van der Waals surface area contributed by atoms with Gasteiger partial charge in [0, 0.05) is 43.6 Å². The van der Waals surface area contributed by atoms with E-state index >= 15 is 0 Å². The molecule has 0 amide bonds. The Bertz CT molecular complexity index is 4780. The van der Waals surface area contributed by atoms with Crippen molar-refractivity contribution in [3.63, 3.8) is 0 Å². The summed E-state index contributed by atoms with van der Waals surface area (Å²) in [4.78, 5) is 14.4. The minimum absolute atomic E-state index is 0.222. The van der Waals surface area contributed by atoms with Gasteiger partial charge in [0.2, 0.25) is 5.95 Å². The topological polar surface area (TPSA) is 61.7 Å². The van der Waals surface area contributed by atoms with Crippen molar-refractivity contribution < 1.29 is 34.6 Å². The van der Waals surface area contributed by atoms with Crippen LogP contribution in [0.4, 0.5) is 0 Å². The van der Waals surface area contributed by atoms with Crippen LogP contribution in [0, 0.1) is 0 Å². The van der Waals surface area contributed by atoms with E-state index in [0.29, 0.717) is 0 Å². The van der Waals surface area contributed by atoms with Gasteiger partial charge < -0.3 is 8.98 Å². The van der Waals surface area contributed by atoms with Crippen LogP contribution in [0.1, 0.15) is 30.2 Å². The van der Waals surface area contributed by atoms with Gasteiger partial charge in [-0.3, -0.25) is 4.57 Å². The fourth-order valence-electron chi connectivity index (χ4n) is 7.24. The molecule has 0 N–H and O–H groups in total. The number of hydrogen-bond acceptors (Lipinski definition) is 4. The highest BCUT2D eigenvalue weighted by molar-refractivity contribution is 6.26. The van der Waals surface area contributed by atoms with Gasteiger partial charge in [-0.1, -0.05) is 145 Å². The van der Waals surface area contributed by atoms with E-state index < -0.39 is 205 Å². The van der Waals surface area contributed by atoms with Gasteiger partial charge >= 0.3 is 0 Å². The summed E-state index contributed by atoms with van der Waals surface area (Å²) in [7, 11) is 0. The van der Waals surface area contributed by atoms with Gasteiger partial charge in [0.25, 0.3) is 0 Å². The largest absolute Gasteiger partial charge is 0.455 e. The van der Waals surface area contributed by atoms with Crippen molar-refractivity contribution in [3.8, 4) is 45.5 Å². The van der Waals surface area contributed by atoms with E-state index in [1.807, 2.05) is 30.3 Å². The number of nitrogens with zero attached hydrogens (tertiary/aromatic N) is 5. The van der Waals surface area contributed by atoms with Crippen LogP contribution in [0.2, 0.25) is 0 Å². The first kappa shape index (κ1) is 16.9. The molecule has 4 heterocycles. The molecular formula is C51H31N5O. The average molecular weight is 752 g/mol. The second kappa shape index (κ2) is 12.3. The highest BCUT2D eigenvalue weighted by Crippen LogP contribution is 2.42. The van der Waals surface area contributed by atoms with E-state index in [-0.39, 0.29) is 27.5 Å². The normalized spacial score (nSPS) is 17.3. The van der Waals surface area contributed by atoms with Crippen LogP contribution in [0.3, 0.4) is 0 Å². The van der Waals surface area contributed by atoms with Crippen LogP contribution >= 0.6 is 0 Å². The van der Waals surface area contributed by atoms with E-state index in [1.165, 1.54) is 0 Å². The summed E-state index contributed by atoms with van der Waals surface area (Å²) < 4.78 is 207. The minimum Gasteiger partial charge on any atom is -0.455 e. The third-order valence-electron chi connectivity index (χ3n) is 9.69. The van der Waals surface area contributed by atoms with Gasteiger partial charge in [0.15, 0.2) is 11.6 Å². The maximum absolute atomic E-state index is 9.89. The highest BCUT2D eigenvalue weighted by atomic mass is 16.3. The fraction of sp³-hybridized carbons (Fsp3) is 0. The Hall–Kier alpha value is -7.83. The second-order valence-electron chi connectivity index (χ2n) is 12.8. The predicted octanol–water partition coefficient (Wildman–Crippen LogP) is 13.0. The molecule has 0 aliphatic rings. The van der Waals surface area contributed by atoms with E-state index in [0.717, 1.165) is 20.3 Å². The number of hydrogen-bond donors (Lipinski definition) is 0. The van der Waals surface area contributed by atoms with Crippen LogP contribution < -0.4 is 0 Å². The van der Waals surface area contributed by atoms with E-state index in [4.69, 9.17) is 37.2 Å². The molecule has 0 radical (unpaired) electrons. The molecule has 12 aromatic rings. The second-order valence-corrected chi connectivity index (χ2v) is 12.8. The van der Waals surface area contributed by atoms with Crippen molar-refractivity contribution in [1.29, 1.82) is 0 Å². The van der Waals surface area contributed by atoms with E-state index in [1.54, 1.807) is 24.3 Å². The smallest absolute Gasteiger partial charge is 0.238 e. The molecule has 0 spiro atoms. The summed E-state index contributed by atoms with van der Waals surface area (Å²) >= 11 is 0. The van der Waals surface area contributed by atoms with Gasteiger partial charge in [-0.05, 0) is 53.4 Å². The lowest BCUT2D eigenvalue weighted by Crippen LogP contribution is -2.06. The predicted molar refractivity (Wildman–Crippen MR) is 232 cm³/mol. The molecule has 0 aliphatic carbocycles. The summed E-state index contributed by atoms with van der Waals surface area (Å²) in [5, 5.41) is -2.26. The van der Waals surface area contributed by atoms with Crippen LogP contribution in [0.15, 0.2) is 192 Å². The molecule has 0 bridgehead atoms. The maximum atomic E-state index is 9.89. The summed E-state index contributed by atoms with van der Waals surface area (Å²) in [6, 6.07) is -0.930. The van der Waals surface area contributed by atoms with Crippen molar-refractivity contribution >= 4 is 65.6 Å². The van der Waals surface area contributed by atoms with Crippen molar-refractivity contribution in [1.82, 2.24) is 24.1 Å². The monoisotopic (exact) mass is 751 g/mol. The Morgan fingerprint density at radius 2 is 1.09 bits per heavy atom. The van der Waals surface area contributed by atoms with Crippen LogP contribution in [-0.2, 0) is 0 Å². The zero-order valence-electron chi connectivity index (χ0n) is 50.8. The van der Waals surface area contributed by atoms with Gasteiger partial charge in [0.1, 0.15) is 11.2 Å². The Morgan fingerprint density at radius 3 is 1.91 bits per heavy atom. The van der Waals surface area contributed by atoms with Crippen LogP contribution in [0.25, 0.3) is 111 Å². The van der Waals surface area contributed by atoms with Gasteiger partial charge in [-0.15, -0.1) is 0 Å².